The van der Waals surface area contributed by atoms with E-state index in [0.717, 1.165) is 47.2 Å². The summed E-state index contributed by atoms with van der Waals surface area (Å²) >= 11 is 1.59. The molecular formula is C24H31N7O4S2. The van der Waals surface area contributed by atoms with Crippen LogP contribution >= 0.6 is 11.8 Å². The first-order chi connectivity index (χ1) is 17.9. The molecular weight excluding hydrogens is 514 g/mol. The van der Waals surface area contributed by atoms with Crippen LogP contribution in [0.25, 0.3) is 11.2 Å². The molecule has 11 nitrogen and oxygen atoms in total. The van der Waals surface area contributed by atoms with E-state index >= 15 is 0 Å². The number of nitrogen functional groups attached to an aromatic ring is 1. The van der Waals surface area contributed by atoms with Crippen LogP contribution in [-0.2, 0) is 16.8 Å². The normalized spacial score (nSPS) is 20.7. The molecule has 2 fully saturated rings. The maximum absolute atomic E-state index is 11.8. The Bertz CT molecular complexity index is 1420. The number of hydrogen-bond acceptors (Lipinski definition) is 9. The smallest absolute Gasteiger partial charge is 0.276 e. The van der Waals surface area contributed by atoms with Crippen LogP contribution in [0.5, 0.6) is 11.5 Å². The van der Waals surface area contributed by atoms with Gasteiger partial charge in [-0.1, -0.05) is 24.6 Å². The largest absolute Gasteiger partial charge is 0.486 e. The standard InChI is InChI=1S/C24H31N7O4S2/c25-22-21-23(28-14-27-22)31(8-6-15-5-7-30(13-15)37(26,32)33)24(29-21)36-20-12-19-18(34-9-10-35-19)11-17(20)16-3-1-2-4-16/h11-12,14-16H,1-10,13H2,(H2,25,27,28)(H2,26,32,33). The van der Waals surface area contributed by atoms with Gasteiger partial charge in [-0.15, -0.1) is 0 Å². The highest BCUT2D eigenvalue weighted by Gasteiger charge is 2.30. The number of ether oxygens (including phenoxy) is 2. The molecule has 0 amide bonds. The van der Waals surface area contributed by atoms with Crippen LogP contribution in [-0.4, -0.2) is 58.5 Å². The predicted octanol–water partition coefficient (Wildman–Crippen LogP) is 2.90. The van der Waals surface area contributed by atoms with Gasteiger partial charge in [0.15, 0.2) is 33.6 Å². The van der Waals surface area contributed by atoms with Crippen LogP contribution in [0, 0.1) is 5.92 Å². The molecule has 1 aliphatic carbocycles. The Morgan fingerprint density at radius 2 is 1.84 bits per heavy atom. The zero-order valence-electron chi connectivity index (χ0n) is 20.5. The lowest BCUT2D eigenvalue weighted by Gasteiger charge is -2.23. The van der Waals surface area contributed by atoms with Crippen LogP contribution in [0.3, 0.4) is 0 Å². The van der Waals surface area contributed by atoms with Crippen molar-refractivity contribution in [2.24, 2.45) is 11.1 Å². The van der Waals surface area contributed by atoms with Gasteiger partial charge in [-0.25, -0.2) is 20.1 Å². The van der Waals surface area contributed by atoms with Crippen molar-refractivity contribution in [2.45, 2.75) is 61.0 Å². The number of imidazole rings is 1. The molecule has 0 bridgehead atoms. The minimum Gasteiger partial charge on any atom is -0.486 e. The summed E-state index contributed by atoms with van der Waals surface area (Å²) in [7, 11) is -3.67. The highest BCUT2D eigenvalue weighted by molar-refractivity contribution is 7.99. The molecule has 2 aromatic heterocycles. The molecule has 198 valence electrons. The highest BCUT2D eigenvalue weighted by Crippen LogP contribution is 2.46. The lowest BCUT2D eigenvalue weighted by Crippen LogP contribution is -2.34. The Balaban J connectivity index is 1.33. The van der Waals surface area contributed by atoms with Crippen molar-refractivity contribution >= 4 is 39.0 Å². The molecule has 4 N–H and O–H groups in total. The number of rotatable bonds is 7. The van der Waals surface area contributed by atoms with E-state index in [1.165, 1.54) is 29.0 Å². The zero-order valence-corrected chi connectivity index (χ0v) is 22.1. The predicted molar refractivity (Wildman–Crippen MR) is 140 cm³/mol. The van der Waals surface area contributed by atoms with E-state index in [1.54, 1.807) is 11.8 Å². The summed E-state index contributed by atoms with van der Waals surface area (Å²) in [4.78, 5) is 14.6. The fourth-order valence-electron chi connectivity index (χ4n) is 5.62. The van der Waals surface area contributed by atoms with Crippen molar-refractivity contribution < 1.29 is 17.9 Å². The first kappa shape index (κ1) is 24.7. The van der Waals surface area contributed by atoms with Crippen molar-refractivity contribution in [1.29, 1.82) is 0 Å². The molecule has 0 spiro atoms. The average Bonchev–Trinajstić information content (AvgIpc) is 3.63. The van der Waals surface area contributed by atoms with Gasteiger partial charge in [-0.05, 0) is 55.2 Å². The molecule has 6 rings (SSSR count). The Morgan fingerprint density at radius 3 is 2.57 bits per heavy atom. The third-order valence-electron chi connectivity index (χ3n) is 7.57. The van der Waals surface area contributed by atoms with Gasteiger partial charge in [0.25, 0.3) is 10.2 Å². The van der Waals surface area contributed by atoms with Gasteiger partial charge in [-0.2, -0.15) is 12.7 Å². The minimum atomic E-state index is -3.67. The zero-order chi connectivity index (χ0) is 25.6. The summed E-state index contributed by atoms with van der Waals surface area (Å²) in [5, 5.41) is 6.12. The van der Waals surface area contributed by atoms with Crippen molar-refractivity contribution in [1.82, 2.24) is 23.8 Å². The molecule has 13 heteroatoms. The van der Waals surface area contributed by atoms with Crippen LogP contribution in [0.4, 0.5) is 5.82 Å². The van der Waals surface area contributed by atoms with Crippen molar-refractivity contribution in [3.63, 3.8) is 0 Å². The summed E-state index contributed by atoms with van der Waals surface area (Å²) in [5.74, 6) is 2.58. The van der Waals surface area contributed by atoms with Gasteiger partial charge in [0.05, 0.1) is 0 Å². The summed E-state index contributed by atoms with van der Waals surface area (Å²) in [6, 6.07) is 4.22. The molecule has 1 aromatic carbocycles. The van der Waals surface area contributed by atoms with Gasteiger partial charge < -0.3 is 19.8 Å². The molecule has 3 aromatic rings. The molecule has 0 radical (unpaired) electrons. The minimum absolute atomic E-state index is 0.205. The van der Waals surface area contributed by atoms with E-state index in [9.17, 15) is 8.42 Å². The van der Waals surface area contributed by atoms with Gasteiger partial charge in [0.1, 0.15) is 19.5 Å². The van der Waals surface area contributed by atoms with Gasteiger partial charge in [0.2, 0.25) is 0 Å². The second-order valence-corrected chi connectivity index (χ2v) is 12.5. The maximum atomic E-state index is 11.8. The van der Waals surface area contributed by atoms with E-state index < -0.39 is 10.2 Å². The van der Waals surface area contributed by atoms with Gasteiger partial charge >= 0.3 is 0 Å². The van der Waals surface area contributed by atoms with Crippen molar-refractivity contribution in [3.05, 3.63) is 24.0 Å². The molecule has 2 aliphatic heterocycles. The quantitative estimate of drug-likeness (QED) is 0.456. The molecule has 37 heavy (non-hydrogen) atoms. The number of fused-ring (bicyclic) bond motifs is 2. The first-order valence-electron chi connectivity index (χ1n) is 12.7. The second-order valence-electron chi connectivity index (χ2n) is 9.94. The van der Waals surface area contributed by atoms with Crippen LogP contribution in [0.1, 0.15) is 50.0 Å². The van der Waals surface area contributed by atoms with Gasteiger partial charge in [-0.3, -0.25) is 0 Å². The molecule has 1 atom stereocenters. The Labute approximate surface area is 220 Å². The molecule has 4 heterocycles. The SMILES string of the molecule is Nc1ncnc2c1nc(Sc1cc3c(cc1C1CCCC1)OCCO3)n2CCC1CCN(S(N)(=O)=O)C1. The fourth-order valence-corrected chi connectivity index (χ4v) is 7.53. The first-order valence-corrected chi connectivity index (χ1v) is 15.0. The monoisotopic (exact) mass is 545 g/mol. The summed E-state index contributed by atoms with van der Waals surface area (Å²) < 4.78 is 38.8. The van der Waals surface area contributed by atoms with E-state index in [4.69, 9.17) is 25.3 Å². The molecule has 1 saturated carbocycles. The second kappa shape index (κ2) is 9.93. The summed E-state index contributed by atoms with van der Waals surface area (Å²) in [6.45, 7) is 2.59. The maximum Gasteiger partial charge on any atom is 0.276 e. The molecule has 1 unspecified atom stereocenters. The number of hydrogen-bond donors (Lipinski definition) is 2. The topological polar surface area (TPSA) is 151 Å². The number of nitrogens with two attached hydrogens (primary N) is 2. The fraction of sp³-hybridized carbons (Fsp3) is 0.542. The third kappa shape index (κ3) is 4.97. The number of aromatic nitrogens is 4. The molecule has 3 aliphatic rings. The highest BCUT2D eigenvalue weighted by atomic mass is 32.2. The van der Waals surface area contributed by atoms with Gasteiger partial charge in [0, 0.05) is 24.5 Å². The van der Waals surface area contributed by atoms with E-state index in [0.29, 0.717) is 55.7 Å². The lowest BCUT2D eigenvalue weighted by atomic mass is 9.97. The Kier molecular flexibility index (Phi) is 6.63. The van der Waals surface area contributed by atoms with Crippen LogP contribution < -0.4 is 20.3 Å². The summed E-state index contributed by atoms with van der Waals surface area (Å²) in [5.41, 5.74) is 8.69. The van der Waals surface area contributed by atoms with Crippen LogP contribution in [0.2, 0.25) is 0 Å². The average molecular weight is 546 g/mol. The lowest BCUT2D eigenvalue weighted by molar-refractivity contribution is 0.170. The number of benzene rings is 1. The Hall–Kier alpha value is -2.61. The third-order valence-corrected chi connectivity index (χ3v) is 9.68. The van der Waals surface area contributed by atoms with Crippen molar-refractivity contribution in [2.75, 3.05) is 32.0 Å². The van der Waals surface area contributed by atoms with E-state index in [2.05, 4.69) is 26.7 Å². The number of nitrogens with zero attached hydrogens (tertiary/aromatic N) is 5. The van der Waals surface area contributed by atoms with E-state index in [-0.39, 0.29) is 5.92 Å². The Morgan fingerprint density at radius 1 is 1.08 bits per heavy atom. The number of anilines is 1. The number of aryl methyl sites for hydroxylation is 1. The summed E-state index contributed by atoms with van der Waals surface area (Å²) in [6.07, 6.45) is 7.77. The van der Waals surface area contributed by atoms with Crippen LogP contribution in [0.15, 0.2) is 28.5 Å². The molecule has 1 saturated heterocycles. The van der Waals surface area contributed by atoms with E-state index in [1.807, 2.05) is 0 Å². The van der Waals surface area contributed by atoms with Crippen molar-refractivity contribution in [3.8, 4) is 11.5 Å².